The second-order valence-electron chi connectivity index (χ2n) is 5.72. The number of nitrogens with one attached hydrogen (secondary N) is 1. The van der Waals surface area contributed by atoms with Gasteiger partial charge in [-0.3, -0.25) is 0 Å². The fraction of sp³-hybridized carbons (Fsp3) is 0.294. The van der Waals surface area contributed by atoms with E-state index in [2.05, 4.69) is 21.6 Å². The van der Waals surface area contributed by atoms with E-state index in [4.69, 9.17) is 4.74 Å². The molecule has 3 rings (SSSR count). The summed E-state index contributed by atoms with van der Waals surface area (Å²) in [6.45, 7) is 0. The lowest BCUT2D eigenvalue weighted by Crippen LogP contribution is -2.27. The molecule has 7 heteroatoms. The summed E-state index contributed by atoms with van der Waals surface area (Å²) >= 11 is 0. The lowest BCUT2D eigenvalue weighted by Gasteiger charge is -2.26. The van der Waals surface area contributed by atoms with Gasteiger partial charge in [0.1, 0.15) is 11.5 Å². The molecule has 0 amide bonds. The van der Waals surface area contributed by atoms with E-state index in [1.54, 1.807) is 19.2 Å². The third-order valence-corrected chi connectivity index (χ3v) is 4.45. The summed E-state index contributed by atoms with van der Waals surface area (Å²) < 4.78 is 42.8. The summed E-state index contributed by atoms with van der Waals surface area (Å²) in [5, 5.41) is 3.41. The van der Waals surface area contributed by atoms with Crippen LogP contribution in [0.15, 0.2) is 42.5 Å². The zero-order chi connectivity index (χ0) is 17.2. The second-order valence-corrected chi connectivity index (χ2v) is 6.67. The van der Waals surface area contributed by atoms with Crippen LogP contribution in [0.5, 0.6) is 11.5 Å². The van der Waals surface area contributed by atoms with Crippen molar-refractivity contribution in [3.8, 4) is 11.5 Å². The molecular formula is C17H18FNO4S. The zero-order valence-electron chi connectivity index (χ0n) is 13.2. The average Bonchev–Trinajstić information content (AvgIpc) is 2.54. The highest BCUT2D eigenvalue weighted by Crippen LogP contribution is 2.27. The molecule has 128 valence electrons. The van der Waals surface area contributed by atoms with Gasteiger partial charge in [0.2, 0.25) is 0 Å². The average molecular weight is 351 g/mol. The Kier molecular flexibility index (Phi) is 4.62. The normalized spacial score (nSPS) is 17.0. The third-order valence-electron chi connectivity index (χ3n) is 4.06. The van der Waals surface area contributed by atoms with Gasteiger partial charge in [-0.25, -0.2) is 0 Å². The Labute approximate surface area is 140 Å². The summed E-state index contributed by atoms with van der Waals surface area (Å²) in [4.78, 5) is 0. The summed E-state index contributed by atoms with van der Waals surface area (Å²) in [5.41, 5.74) is 3.43. The number of hydrogen-bond acceptors (Lipinski definition) is 5. The highest BCUT2D eigenvalue weighted by atomic mass is 32.3. The molecule has 0 bridgehead atoms. The maximum absolute atomic E-state index is 12.5. The van der Waals surface area contributed by atoms with Gasteiger partial charge >= 0.3 is 10.5 Å². The van der Waals surface area contributed by atoms with Crippen LogP contribution in [0.1, 0.15) is 17.5 Å². The molecule has 1 aliphatic carbocycles. The van der Waals surface area contributed by atoms with Crippen molar-refractivity contribution in [3.05, 3.63) is 53.6 Å². The molecule has 0 fully saturated rings. The summed E-state index contributed by atoms with van der Waals surface area (Å²) in [6, 6.07) is 12.6. The molecule has 0 saturated heterocycles. The molecule has 1 aliphatic rings. The molecule has 24 heavy (non-hydrogen) atoms. The largest absolute Gasteiger partial charge is 0.497 e. The van der Waals surface area contributed by atoms with Gasteiger partial charge in [-0.1, -0.05) is 9.95 Å². The van der Waals surface area contributed by atoms with E-state index in [0.717, 1.165) is 30.7 Å². The summed E-state index contributed by atoms with van der Waals surface area (Å²) in [7, 11) is -3.34. The van der Waals surface area contributed by atoms with Crippen molar-refractivity contribution >= 4 is 16.2 Å². The van der Waals surface area contributed by atoms with Gasteiger partial charge in [0, 0.05) is 11.7 Å². The number of halogens is 1. The first-order valence-electron chi connectivity index (χ1n) is 7.59. The van der Waals surface area contributed by atoms with E-state index in [-0.39, 0.29) is 11.8 Å². The Balaban J connectivity index is 1.66. The number of hydrogen-bond donors (Lipinski definition) is 1. The minimum absolute atomic E-state index is 0.0539. The minimum Gasteiger partial charge on any atom is -0.497 e. The van der Waals surface area contributed by atoms with Crippen LogP contribution in [0.2, 0.25) is 0 Å². The Morgan fingerprint density at radius 1 is 1.08 bits per heavy atom. The number of anilines is 1. The van der Waals surface area contributed by atoms with Crippen LogP contribution in [-0.2, 0) is 23.3 Å². The van der Waals surface area contributed by atoms with Gasteiger partial charge in [0.25, 0.3) is 0 Å². The minimum atomic E-state index is -4.99. The van der Waals surface area contributed by atoms with Gasteiger partial charge < -0.3 is 14.2 Å². The molecule has 1 N–H and O–H groups in total. The van der Waals surface area contributed by atoms with Crippen LogP contribution in [0.3, 0.4) is 0 Å². The van der Waals surface area contributed by atoms with Crippen molar-refractivity contribution in [1.82, 2.24) is 0 Å². The third kappa shape index (κ3) is 4.17. The van der Waals surface area contributed by atoms with Gasteiger partial charge in [0.05, 0.1) is 7.11 Å². The van der Waals surface area contributed by atoms with E-state index in [9.17, 15) is 12.3 Å². The predicted octanol–water partition coefficient (Wildman–Crippen LogP) is 3.26. The molecule has 0 aliphatic heterocycles. The Morgan fingerprint density at radius 3 is 2.46 bits per heavy atom. The highest BCUT2D eigenvalue weighted by Gasteiger charge is 2.19. The lowest BCUT2D eigenvalue weighted by molar-refractivity contribution is 0.413. The Morgan fingerprint density at radius 2 is 1.79 bits per heavy atom. The molecule has 0 spiro atoms. The maximum atomic E-state index is 12.5. The Hall–Kier alpha value is -2.28. The van der Waals surface area contributed by atoms with Gasteiger partial charge in [-0.05, 0) is 66.8 Å². The van der Waals surface area contributed by atoms with Crippen LogP contribution in [0.4, 0.5) is 9.57 Å². The van der Waals surface area contributed by atoms with Crippen LogP contribution in [-0.4, -0.2) is 21.6 Å². The van der Waals surface area contributed by atoms with Crippen molar-refractivity contribution in [2.45, 2.75) is 25.3 Å². The first kappa shape index (κ1) is 16.6. The van der Waals surface area contributed by atoms with Crippen molar-refractivity contribution in [1.29, 1.82) is 0 Å². The molecule has 2 aromatic rings. The molecule has 1 unspecified atom stereocenters. The monoisotopic (exact) mass is 351 g/mol. The van der Waals surface area contributed by atoms with E-state index in [1.165, 1.54) is 23.3 Å². The number of rotatable bonds is 5. The number of aryl methyl sites for hydroxylation is 1. The summed E-state index contributed by atoms with van der Waals surface area (Å²) in [5.74, 6) is 0.796. The van der Waals surface area contributed by atoms with Gasteiger partial charge in [-0.15, -0.1) is 0 Å². The number of ether oxygens (including phenoxy) is 1. The molecule has 0 heterocycles. The number of fused-ring (bicyclic) bond motifs is 1. The van der Waals surface area contributed by atoms with Crippen LogP contribution in [0.25, 0.3) is 0 Å². The molecule has 0 radical (unpaired) electrons. The fourth-order valence-electron chi connectivity index (χ4n) is 2.94. The molecule has 0 saturated carbocycles. The lowest BCUT2D eigenvalue weighted by atomic mass is 9.88. The van der Waals surface area contributed by atoms with Crippen molar-refractivity contribution < 1.29 is 21.2 Å². The molecule has 0 aromatic heterocycles. The fourth-order valence-corrected chi connectivity index (χ4v) is 3.28. The second kappa shape index (κ2) is 6.68. The molecule has 2 aromatic carbocycles. The van der Waals surface area contributed by atoms with Crippen molar-refractivity contribution in [2.75, 3.05) is 12.4 Å². The van der Waals surface area contributed by atoms with E-state index in [0.29, 0.717) is 0 Å². The highest BCUT2D eigenvalue weighted by molar-refractivity contribution is 7.81. The topological polar surface area (TPSA) is 64.6 Å². The quantitative estimate of drug-likeness (QED) is 0.838. The number of benzene rings is 2. The smallest absolute Gasteiger partial charge is 0.488 e. The first-order chi connectivity index (χ1) is 11.4. The van der Waals surface area contributed by atoms with Crippen molar-refractivity contribution in [2.24, 2.45) is 0 Å². The van der Waals surface area contributed by atoms with E-state index in [1.807, 2.05) is 6.07 Å². The van der Waals surface area contributed by atoms with Crippen LogP contribution >= 0.6 is 0 Å². The summed E-state index contributed by atoms with van der Waals surface area (Å²) in [6.07, 6.45) is 2.86. The SMILES string of the molecule is COc1ccc2c(c1)CC(Nc1ccc(OS(=O)(=O)F)cc1)CC2. The predicted molar refractivity (Wildman–Crippen MR) is 89.5 cm³/mol. The van der Waals surface area contributed by atoms with Gasteiger partial charge in [-0.2, -0.15) is 8.42 Å². The van der Waals surface area contributed by atoms with Crippen LogP contribution < -0.4 is 14.2 Å². The maximum Gasteiger partial charge on any atom is 0.488 e. The zero-order valence-corrected chi connectivity index (χ0v) is 14.0. The Bertz CT molecular complexity index is 821. The van der Waals surface area contributed by atoms with E-state index < -0.39 is 10.5 Å². The first-order valence-corrected chi connectivity index (χ1v) is 8.90. The standard InChI is InChI=1S/C17H18FNO4S/c1-22-17-7-3-12-2-4-15(10-13(12)11-17)19-14-5-8-16(9-6-14)23-24(18,20)21/h3,5-9,11,15,19H,2,4,10H2,1H3. The van der Waals surface area contributed by atoms with E-state index >= 15 is 0 Å². The van der Waals surface area contributed by atoms with Gasteiger partial charge in [0.15, 0.2) is 0 Å². The van der Waals surface area contributed by atoms with Crippen molar-refractivity contribution in [3.63, 3.8) is 0 Å². The van der Waals surface area contributed by atoms with Crippen LogP contribution in [0, 0.1) is 0 Å². The molecular weight excluding hydrogens is 333 g/mol. The molecule has 1 atom stereocenters. The number of methoxy groups -OCH3 is 1. The molecule has 5 nitrogen and oxygen atoms in total.